The molecule has 0 aliphatic rings. The van der Waals surface area contributed by atoms with Gasteiger partial charge < -0.3 is 10.2 Å². The van der Waals surface area contributed by atoms with Crippen molar-refractivity contribution in [3.05, 3.63) is 94.8 Å². The van der Waals surface area contributed by atoms with Crippen LogP contribution in [0.25, 0.3) is 0 Å². The first-order valence-electron chi connectivity index (χ1n) is 13.2. The molecule has 0 saturated heterocycles. The fraction of sp³-hybridized carbons (Fsp3) is 0.333. The average Bonchev–Trinajstić information content (AvgIpc) is 2.93. The van der Waals surface area contributed by atoms with Crippen LogP contribution in [0.1, 0.15) is 44.7 Å². The first kappa shape index (κ1) is 31.1. The number of anilines is 1. The largest absolute Gasteiger partial charge is 0.352 e. The Hall–Kier alpha value is -3.43. The second-order valence-corrected chi connectivity index (χ2v) is 11.9. The molecule has 0 spiro atoms. The van der Waals surface area contributed by atoms with Gasteiger partial charge in [0.1, 0.15) is 18.4 Å². The van der Waals surface area contributed by atoms with Gasteiger partial charge in [-0.05, 0) is 80.3 Å². The van der Waals surface area contributed by atoms with Crippen molar-refractivity contribution in [3.8, 4) is 0 Å². The number of carbonyl (C=O) groups excluding carboxylic acids is 2. The molecular weight excluding hydrogens is 553 g/mol. The Labute approximate surface area is 241 Å². The molecule has 3 aromatic carbocycles. The van der Waals surface area contributed by atoms with Crippen molar-refractivity contribution in [2.45, 2.75) is 64.1 Å². The zero-order chi connectivity index (χ0) is 29.4. The summed E-state index contributed by atoms with van der Waals surface area (Å²) in [6, 6.07) is 17.2. The lowest BCUT2D eigenvalue weighted by Gasteiger charge is -2.34. The van der Waals surface area contributed by atoms with E-state index in [1.165, 1.54) is 41.3 Å². The smallest absolute Gasteiger partial charge is 0.264 e. The van der Waals surface area contributed by atoms with Gasteiger partial charge in [-0.15, -0.1) is 0 Å². The lowest BCUT2D eigenvalue weighted by atomic mass is 10.1. The summed E-state index contributed by atoms with van der Waals surface area (Å²) >= 11 is 5.99. The molecule has 2 amide bonds. The monoisotopic (exact) mass is 587 g/mol. The van der Waals surface area contributed by atoms with Crippen molar-refractivity contribution in [2.75, 3.05) is 10.8 Å². The molecule has 3 rings (SSSR count). The maximum Gasteiger partial charge on any atom is 0.264 e. The number of para-hydroxylation sites is 1. The van der Waals surface area contributed by atoms with Crippen LogP contribution in [0.15, 0.2) is 77.7 Å². The Bertz CT molecular complexity index is 1420. The van der Waals surface area contributed by atoms with Gasteiger partial charge in [-0.1, -0.05) is 55.8 Å². The summed E-state index contributed by atoms with van der Waals surface area (Å²) in [6.07, 6.45) is 0.998. The minimum absolute atomic E-state index is 0.00580. The van der Waals surface area contributed by atoms with Gasteiger partial charge in [0, 0.05) is 17.6 Å². The summed E-state index contributed by atoms with van der Waals surface area (Å²) < 4.78 is 42.5. The molecular formula is C30H35ClFN3O4S. The van der Waals surface area contributed by atoms with Gasteiger partial charge >= 0.3 is 0 Å². The third-order valence-electron chi connectivity index (χ3n) is 6.72. The second-order valence-electron chi connectivity index (χ2n) is 9.64. The van der Waals surface area contributed by atoms with E-state index in [1.807, 2.05) is 13.8 Å². The summed E-state index contributed by atoms with van der Waals surface area (Å²) in [4.78, 5) is 28.7. The SMILES string of the molecule is CC[C@H](C)NC(=O)[C@H](CC)N(Cc1ccc(F)cc1)C(=O)CN(c1ccccc1C)S(=O)(=O)c1ccc(Cl)cc1. The normalized spacial score (nSPS) is 12.8. The highest BCUT2D eigenvalue weighted by atomic mass is 35.5. The van der Waals surface area contributed by atoms with E-state index in [2.05, 4.69) is 5.32 Å². The molecule has 0 unspecified atom stereocenters. The topological polar surface area (TPSA) is 86.8 Å². The summed E-state index contributed by atoms with van der Waals surface area (Å²) in [5.74, 6) is -1.34. The molecule has 0 radical (unpaired) electrons. The van der Waals surface area contributed by atoms with Crippen molar-refractivity contribution in [3.63, 3.8) is 0 Å². The van der Waals surface area contributed by atoms with Gasteiger partial charge in [0.2, 0.25) is 11.8 Å². The van der Waals surface area contributed by atoms with E-state index in [1.54, 1.807) is 50.2 Å². The summed E-state index contributed by atoms with van der Waals surface area (Å²) in [5, 5.41) is 3.31. The van der Waals surface area contributed by atoms with Crippen LogP contribution in [0.2, 0.25) is 5.02 Å². The van der Waals surface area contributed by atoms with Crippen molar-refractivity contribution in [1.29, 1.82) is 0 Å². The van der Waals surface area contributed by atoms with E-state index in [-0.39, 0.29) is 23.4 Å². The van der Waals surface area contributed by atoms with Crippen molar-refractivity contribution in [1.82, 2.24) is 10.2 Å². The van der Waals surface area contributed by atoms with Crippen molar-refractivity contribution >= 4 is 39.1 Å². The minimum atomic E-state index is -4.20. The molecule has 0 aromatic heterocycles. The van der Waals surface area contributed by atoms with E-state index in [4.69, 9.17) is 11.6 Å². The molecule has 0 heterocycles. The zero-order valence-electron chi connectivity index (χ0n) is 23.1. The Morgan fingerprint density at radius 1 is 0.950 bits per heavy atom. The number of halogens is 2. The number of sulfonamides is 1. The summed E-state index contributed by atoms with van der Waals surface area (Å²) in [6.45, 7) is 6.80. The second kappa shape index (κ2) is 13.8. The summed E-state index contributed by atoms with van der Waals surface area (Å²) in [5.41, 5.74) is 1.59. The molecule has 0 saturated carbocycles. The number of amides is 2. The van der Waals surface area contributed by atoms with E-state index >= 15 is 0 Å². The number of aryl methyl sites for hydroxylation is 1. The first-order valence-corrected chi connectivity index (χ1v) is 15.0. The zero-order valence-corrected chi connectivity index (χ0v) is 24.7. The van der Waals surface area contributed by atoms with Gasteiger partial charge in [-0.2, -0.15) is 0 Å². The molecule has 0 aliphatic carbocycles. The molecule has 0 aliphatic heterocycles. The third kappa shape index (κ3) is 7.61. The molecule has 214 valence electrons. The van der Waals surface area contributed by atoms with Gasteiger partial charge in [0.25, 0.3) is 10.0 Å². The molecule has 7 nitrogen and oxygen atoms in total. The maximum atomic E-state index is 14.0. The van der Waals surface area contributed by atoms with E-state index in [0.29, 0.717) is 34.7 Å². The highest BCUT2D eigenvalue weighted by molar-refractivity contribution is 7.92. The molecule has 1 N–H and O–H groups in total. The number of rotatable bonds is 12. The van der Waals surface area contributed by atoms with Crippen LogP contribution < -0.4 is 9.62 Å². The quantitative estimate of drug-likeness (QED) is 0.294. The Morgan fingerprint density at radius 2 is 1.57 bits per heavy atom. The average molecular weight is 588 g/mol. The number of carbonyl (C=O) groups is 2. The minimum Gasteiger partial charge on any atom is -0.352 e. The van der Waals surface area contributed by atoms with Crippen molar-refractivity contribution in [2.24, 2.45) is 0 Å². The van der Waals surface area contributed by atoms with Gasteiger partial charge in [0.15, 0.2) is 0 Å². The van der Waals surface area contributed by atoms with Crippen LogP contribution in [-0.2, 0) is 26.2 Å². The van der Waals surface area contributed by atoms with Gasteiger partial charge in [0.05, 0.1) is 10.6 Å². The van der Waals surface area contributed by atoms with Crippen molar-refractivity contribution < 1.29 is 22.4 Å². The lowest BCUT2D eigenvalue weighted by molar-refractivity contribution is -0.140. The molecule has 0 bridgehead atoms. The van der Waals surface area contributed by atoms with Gasteiger partial charge in [-0.25, -0.2) is 12.8 Å². The van der Waals surface area contributed by atoms with Crippen LogP contribution in [-0.4, -0.2) is 43.8 Å². The standard InChI is InChI=1S/C30H35ClFN3O4S/c1-5-22(4)33-30(37)27(6-2)34(19-23-11-15-25(32)16-12-23)29(36)20-35(28-10-8-7-9-21(28)3)40(38,39)26-17-13-24(31)14-18-26/h7-18,22,27H,5-6,19-20H2,1-4H3,(H,33,37)/t22-,27-/m0/s1. The van der Waals surface area contributed by atoms with Crippen LogP contribution >= 0.6 is 11.6 Å². The first-order chi connectivity index (χ1) is 19.0. The maximum absolute atomic E-state index is 14.0. The third-order valence-corrected chi connectivity index (χ3v) is 8.74. The number of hydrogen-bond acceptors (Lipinski definition) is 4. The van der Waals surface area contributed by atoms with E-state index in [9.17, 15) is 22.4 Å². The molecule has 10 heteroatoms. The van der Waals surface area contributed by atoms with Crippen LogP contribution in [0.4, 0.5) is 10.1 Å². The predicted molar refractivity (Wildman–Crippen MR) is 156 cm³/mol. The summed E-state index contributed by atoms with van der Waals surface area (Å²) in [7, 11) is -4.20. The Morgan fingerprint density at radius 3 is 2.15 bits per heavy atom. The van der Waals surface area contributed by atoms with Crippen LogP contribution in [0.3, 0.4) is 0 Å². The highest BCUT2D eigenvalue weighted by Crippen LogP contribution is 2.28. The Kier molecular flexibility index (Phi) is 10.7. The molecule has 3 aromatic rings. The predicted octanol–water partition coefficient (Wildman–Crippen LogP) is 5.70. The number of hydrogen-bond donors (Lipinski definition) is 1. The number of nitrogens with one attached hydrogen (secondary N) is 1. The highest BCUT2D eigenvalue weighted by Gasteiger charge is 2.34. The Balaban J connectivity index is 2.06. The number of benzene rings is 3. The fourth-order valence-electron chi connectivity index (χ4n) is 4.24. The van der Waals surface area contributed by atoms with E-state index < -0.39 is 34.3 Å². The van der Waals surface area contributed by atoms with E-state index in [0.717, 1.165) is 4.31 Å². The molecule has 40 heavy (non-hydrogen) atoms. The van der Waals surface area contributed by atoms with Crippen LogP contribution in [0, 0.1) is 12.7 Å². The van der Waals surface area contributed by atoms with Gasteiger partial charge in [-0.3, -0.25) is 13.9 Å². The molecule has 2 atom stereocenters. The molecule has 0 fully saturated rings. The van der Waals surface area contributed by atoms with Crippen LogP contribution in [0.5, 0.6) is 0 Å². The number of nitrogens with zero attached hydrogens (tertiary/aromatic N) is 2. The fourth-order valence-corrected chi connectivity index (χ4v) is 5.84. The lowest BCUT2D eigenvalue weighted by Crippen LogP contribution is -2.53.